The van der Waals surface area contributed by atoms with Gasteiger partial charge in [-0.25, -0.2) is 4.98 Å². The fraction of sp³-hybridized carbons (Fsp3) is 0.462. The Labute approximate surface area is 106 Å². The molecule has 0 amide bonds. The summed E-state index contributed by atoms with van der Waals surface area (Å²) in [6, 6.07) is 5.52. The number of Topliss-reactive ketones (excluding diaryl/α,β-unsaturated/α-hetero) is 1. The van der Waals surface area contributed by atoms with Crippen LogP contribution in [0.25, 0.3) is 0 Å². The smallest absolute Gasteiger partial charge is 0.165 e. The summed E-state index contributed by atoms with van der Waals surface area (Å²) in [6.07, 6.45) is 6.40. The van der Waals surface area contributed by atoms with E-state index in [2.05, 4.69) is 11.1 Å². The zero-order valence-corrected chi connectivity index (χ0v) is 10.4. The van der Waals surface area contributed by atoms with Crippen LogP contribution in [0.2, 0.25) is 5.15 Å². The summed E-state index contributed by atoms with van der Waals surface area (Å²) in [7, 11) is 0. The third-order valence-corrected chi connectivity index (χ3v) is 2.80. The van der Waals surface area contributed by atoms with E-state index in [1.54, 1.807) is 18.3 Å². The third kappa shape index (κ3) is 4.97. The first kappa shape index (κ1) is 13.7. The van der Waals surface area contributed by atoms with Crippen molar-refractivity contribution in [1.82, 2.24) is 4.98 Å². The molecule has 0 atom stereocenters. The van der Waals surface area contributed by atoms with Gasteiger partial charge in [-0.15, -0.1) is 0 Å². The van der Waals surface area contributed by atoms with E-state index in [4.69, 9.17) is 16.9 Å². The fourth-order valence-corrected chi connectivity index (χ4v) is 1.80. The van der Waals surface area contributed by atoms with Crippen molar-refractivity contribution >= 4 is 17.4 Å². The summed E-state index contributed by atoms with van der Waals surface area (Å²) in [5.74, 6) is 0.0448. The molecule has 0 aliphatic heterocycles. The topological polar surface area (TPSA) is 53.8 Å². The first-order valence-corrected chi connectivity index (χ1v) is 6.14. The molecule has 3 nitrogen and oxygen atoms in total. The highest BCUT2D eigenvalue weighted by atomic mass is 35.5. The predicted octanol–water partition coefficient (Wildman–Crippen LogP) is 3.78. The summed E-state index contributed by atoms with van der Waals surface area (Å²) in [5, 5.41) is 8.64. The van der Waals surface area contributed by atoms with Crippen LogP contribution in [0.5, 0.6) is 0 Å². The number of nitriles is 1. The van der Waals surface area contributed by atoms with Crippen molar-refractivity contribution in [2.45, 2.75) is 38.5 Å². The molecular formula is C13H15ClN2O. The summed E-state index contributed by atoms with van der Waals surface area (Å²) < 4.78 is 0. The predicted molar refractivity (Wildman–Crippen MR) is 66.9 cm³/mol. The summed E-state index contributed by atoms with van der Waals surface area (Å²) >= 11 is 5.83. The van der Waals surface area contributed by atoms with Crippen LogP contribution in [-0.2, 0) is 0 Å². The molecule has 0 aliphatic rings. The second-order valence-electron chi connectivity index (χ2n) is 3.84. The molecular weight excluding hydrogens is 236 g/mol. The molecule has 0 aliphatic carbocycles. The van der Waals surface area contributed by atoms with Crippen molar-refractivity contribution in [3.8, 4) is 6.07 Å². The molecule has 0 aromatic carbocycles. The normalized spacial score (nSPS) is 9.88. The number of pyridine rings is 1. The highest BCUT2D eigenvalue weighted by molar-refractivity contribution is 6.32. The Bertz CT molecular complexity index is 412. The minimum atomic E-state index is 0.0448. The summed E-state index contributed by atoms with van der Waals surface area (Å²) in [6.45, 7) is 0. The molecule has 17 heavy (non-hydrogen) atoms. The standard InChI is InChI=1S/C13H15ClN2O/c14-13-11(7-6-10-16-13)12(17)8-4-2-1-3-5-9-15/h6-7,10H,1-5,8H2. The van der Waals surface area contributed by atoms with Crippen molar-refractivity contribution in [2.24, 2.45) is 0 Å². The quantitative estimate of drug-likeness (QED) is 0.420. The number of halogens is 1. The molecule has 0 bridgehead atoms. The molecule has 0 saturated heterocycles. The Morgan fingerprint density at radius 1 is 1.35 bits per heavy atom. The highest BCUT2D eigenvalue weighted by Gasteiger charge is 2.09. The Hall–Kier alpha value is -1.40. The molecule has 0 unspecified atom stereocenters. The summed E-state index contributed by atoms with van der Waals surface area (Å²) in [5.41, 5.74) is 0.506. The number of aromatic nitrogens is 1. The van der Waals surface area contributed by atoms with Crippen molar-refractivity contribution in [2.75, 3.05) is 0 Å². The number of carbonyl (C=O) groups is 1. The van der Waals surface area contributed by atoms with Crippen molar-refractivity contribution in [1.29, 1.82) is 5.26 Å². The lowest BCUT2D eigenvalue weighted by Gasteiger charge is -2.02. The van der Waals surface area contributed by atoms with E-state index in [1.807, 2.05) is 0 Å². The van der Waals surface area contributed by atoms with E-state index in [9.17, 15) is 4.79 Å². The second kappa shape index (κ2) is 7.81. The van der Waals surface area contributed by atoms with Gasteiger partial charge in [0.05, 0.1) is 11.6 Å². The highest BCUT2D eigenvalue weighted by Crippen LogP contribution is 2.15. The monoisotopic (exact) mass is 250 g/mol. The zero-order chi connectivity index (χ0) is 12.5. The molecule has 0 spiro atoms. The molecule has 0 fully saturated rings. The van der Waals surface area contributed by atoms with Gasteiger partial charge in [-0.05, 0) is 25.0 Å². The molecule has 0 radical (unpaired) electrons. The van der Waals surface area contributed by atoms with Crippen molar-refractivity contribution in [3.05, 3.63) is 29.0 Å². The zero-order valence-electron chi connectivity index (χ0n) is 9.66. The van der Waals surface area contributed by atoms with E-state index < -0.39 is 0 Å². The van der Waals surface area contributed by atoms with Crippen LogP contribution < -0.4 is 0 Å². The maximum atomic E-state index is 11.8. The SMILES string of the molecule is N#CCCCCCCC(=O)c1cccnc1Cl. The van der Waals surface area contributed by atoms with Gasteiger partial charge >= 0.3 is 0 Å². The summed E-state index contributed by atoms with van der Waals surface area (Å²) in [4.78, 5) is 15.7. The molecule has 1 aromatic heterocycles. The minimum absolute atomic E-state index is 0.0448. The van der Waals surface area contributed by atoms with Crippen LogP contribution in [0, 0.1) is 11.3 Å². The van der Waals surface area contributed by atoms with Gasteiger partial charge in [-0.3, -0.25) is 4.79 Å². The molecule has 1 aromatic rings. The maximum Gasteiger partial charge on any atom is 0.165 e. The largest absolute Gasteiger partial charge is 0.294 e. The van der Waals surface area contributed by atoms with Crippen LogP contribution in [0.1, 0.15) is 48.9 Å². The van der Waals surface area contributed by atoms with Crippen molar-refractivity contribution in [3.63, 3.8) is 0 Å². The van der Waals surface area contributed by atoms with Crippen LogP contribution >= 0.6 is 11.6 Å². The van der Waals surface area contributed by atoms with E-state index >= 15 is 0 Å². The van der Waals surface area contributed by atoms with Gasteiger partial charge in [-0.1, -0.05) is 24.4 Å². The molecule has 90 valence electrons. The Kier molecular flexibility index (Phi) is 6.27. The number of nitrogens with zero attached hydrogens (tertiary/aromatic N) is 2. The van der Waals surface area contributed by atoms with E-state index in [-0.39, 0.29) is 10.9 Å². The molecule has 1 heterocycles. The van der Waals surface area contributed by atoms with E-state index in [1.165, 1.54) is 0 Å². The van der Waals surface area contributed by atoms with Crippen LogP contribution in [0.3, 0.4) is 0 Å². The van der Waals surface area contributed by atoms with Gasteiger partial charge in [0.2, 0.25) is 0 Å². The van der Waals surface area contributed by atoms with Crippen LogP contribution in [-0.4, -0.2) is 10.8 Å². The molecule has 0 N–H and O–H groups in total. The van der Waals surface area contributed by atoms with Gasteiger partial charge in [0.1, 0.15) is 5.15 Å². The lowest BCUT2D eigenvalue weighted by molar-refractivity contribution is 0.0979. The third-order valence-electron chi connectivity index (χ3n) is 2.50. The molecule has 0 saturated carbocycles. The molecule has 4 heteroatoms. The van der Waals surface area contributed by atoms with Gasteiger partial charge in [0.15, 0.2) is 5.78 Å². The van der Waals surface area contributed by atoms with Gasteiger partial charge in [0, 0.05) is 19.0 Å². The molecule has 1 rings (SSSR count). The number of rotatable bonds is 7. The lowest BCUT2D eigenvalue weighted by atomic mass is 10.1. The number of ketones is 1. The van der Waals surface area contributed by atoms with Gasteiger partial charge < -0.3 is 0 Å². The van der Waals surface area contributed by atoms with Crippen molar-refractivity contribution < 1.29 is 4.79 Å². The average molecular weight is 251 g/mol. The Morgan fingerprint density at radius 2 is 2.12 bits per heavy atom. The van der Waals surface area contributed by atoms with Gasteiger partial charge in [0.25, 0.3) is 0 Å². The van der Waals surface area contributed by atoms with E-state index in [0.717, 1.165) is 25.7 Å². The lowest BCUT2D eigenvalue weighted by Crippen LogP contribution is -2.00. The Morgan fingerprint density at radius 3 is 2.82 bits per heavy atom. The number of unbranched alkanes of at least 4 members (excludes halogenated alkanes) is 4. The van der Waals surface area contributed by atoms with E-state index in [0.29, 0.717) is 18.4 Å². The number of carbonyl (C=O) groups excluding carboxylic acids is 1. The Balaban J connectivity index is 2.27. The van der Waals surface area contributed by atoms with Gasteiger partial charge in [-0.2, -0.15) is 5.26 Å². The first-order valence-electron chi connectivity index (χ1n) is 5.76. The van der Waals surface area contributed by atoms with Crippen LogP contribution in [0.15, 0.2) is 18.3 Å². The van der Waals surface area contributed by atoms with Crippen LogP contribution in [0.4, 0.5) is 0 Å². The number of hydrogen-bond acceptors (Lipinski definition) is 3. The average Bonchev–Trinajstić information content (AvgIpc) is 2.34. The maximum absolute atomic E-state index is 11.8. The second-order valence-corrected chi connectivity index (χ2v) is 4.20. The first-order chi connectivity index (χ1) is 8.25. The fourth-order valence-electron chi connectivity index (χ4n) is 1.57. The number of hydrogen-bond donors (Lipinski definition) is 0. The minimum Gasteiger partial charge on any atom is -0.294 e.